The fraction of sp³-hybridized carbons (Fsp3) is 0.333. The van der Waals surface area contributed by atoms with E-state index in [-0.39, 0.29) is 17.3 Å². The average Bonchev–Trinajstić information content (AvgIpc) is 3.09. The Balaban J connectivity index is 1.72. The molecule has 26 heavy (non-hydrogen) atoms. The Bertz CT molecular complexity index is 989. The molecule has 6 nitrogen and oxygen atoms in total. The Morgan fingerprint density at radius 1 is 1.31 bits per heavy atom. The van der Waals surface area contributed by atoms with Gasteiger partial charge in [-0.3, -0.25) is 9.48 Å². The Labute approximate surface area is 147 Å². The van der Waals surface area contributed by atoms with Crippen LogP contribution >= 0.6 is 0 Å². The minimum absolute atomic E-state index is 0.109. The van der Waals surface area contributed by atoms with Crippen molar-refractivity contribution in [3.8, 4) is 11.6 Å². The van der Waals surface area contributed by atoms with Gasteiger partial charge in [-0.2, -0.15) is 10.1 Å². The number of benzene rings is 1. The summed E-state index contributed by atoms with van der Waals surface area (Å²) in [7, 11) is 1.44. The lowest BCUT2D eigenvalue weighted by Crippen LogP contribution is -2.13. The number of aromatic nitrogens is 4. The van der Waals surface area contributed by atoms with Crippen LogP contribution in [0, 0.1) is 6.92 Å². The van der Waals surface area contributed by atoms with Gasteiger partial charge in [-0.15, -0.1) is 0 Å². The minimum atomic E-state index is -2.63. The fourth-order valence-electron chi connectivity index (χ4n) is 3.28. The predicted octanol–water partition coefficient (Wildman–Crippen LogP) is 3.61. The molecule has 0 atom stereocenters. The molecule has 134 valence electrons. The van der Waals surface area contributed by atoms with Crippen LogP contribution in [-0.2, 0) is 12.5 Å². The van der Waals surface area contributed by atoms with Crippen LogP contribution in [0.5, 0.6) is 0 Å². The Hall–Kier alpha value is -2.90. The molecular weight excluding hydrogens is 342 g/mol. The molecule has 2 heterocycles. The van der Waals surface area contributed by atoms with Crippen LogP contribution in [-0.4, -0.2) is 26.2 Å². The SMILES string of the molecule is Cc1ccc(C=O)cc1C1(c2noc(-c3cc(C(F)F)n(C)n3)n2)CC1. The van der Waals surface area contributed by atoms with E-state index in [0.29, 0.717) is 11.4 Å². The number of rotatable bonds is 5. The molecule has 1 aromatic carbocycles. The molecule has 0 N–H and O–H groups in total. The van der Waals surface area contributed by atoms with Gasteiger partial charge in [0, 0.05) is 12.6 Å². The molecule has 0 spiro atoms. The molecule has 0 saturated heterocycles. The van der Waals surface area contributed by atoms with Gasteiger partial charge in [0.05, 0.1) is 5.41 Å². The fourth-order valence-corrected chi connectivity index (χ4v) is 3.28. The minimum Gasteiger partial charge on any atom is -0.332 e. The molecule has 0 radical (unpaired) electrons. The molecule has 8 heteroatoms. The van der Waals surface area contributed by atoms with Gasteiger partial charge in [0.15, 0.2) is 11.5 Å². The van der Waals surface area contributed by atoms with E-state index >= 15 is 0 Å². The lowest BCUT2D eigenvalue weighted by atomic mass is 9.90. The maximum Gasteiger partial charge on any atom is 0.280 e. The second kappa shape index (κ2) is 5.82. The molecule has 0 aliphatic heterocycles. The summed E-state index contributed by atoms with van der Waals surface area (Å²) in [5.41, 5.74) is 2.23. The molecular formula is C18H16F2N4O2. The Kier molecular flexibility index (Phi) is 3.71. The second-order valence-corrected chi connectivity index (χ2v) is 6.58. The average molecular weight is 358 g/mol. The van der Waals surface area contributed by atoms with Gasteiger partial charge in [-0.25, -0.2) is 8.78 Å². The molecule has 4 rings (SSSR count). The summed E-state index contributed by atoms with van der Waals surface area (Å²) in [6, 6.07) is 6.76. The first-order valence-electron chi connectivity index (χ1n) is 8.17. The van der Waals surface area contributed by atoms with Crippen molar-refractivity contribution in [1.29, 1.82) is 0 Å². The maximum atomic E-state index is 12.9. The zero-order valence-electron chi connectivity index (χ0n) is 14.2. The van der Waals surface area contributed by atoms with E-state index in [0.717, 1.165) is 34.9 Å². The van der Waals surface area contributed by atoms with Crippen molar-refractivity contribution in [2.24, 2.45) is 7.05 Å². The van der Waals surface area contributed by atoms with Gasteiger partial charge in [0.1, 0.15) is 12.0 Å². The highest BCUT2D eigenvalue weighted by molar-refractivity contribution is 5.75. The van der Waals surface area contributed by atoms with Gasteiger partial charge in [0.2, 0.25) is 0 Å². The number of hydrogen-bond acceptors (Lipinski definition) is 5. The Morgan fingerprint density at radius 2 is 2.08 bits per heavy atom. The predicted molar refractivity (Wildman–Crippen MR) is 88.0 cm³/mol. The molecule has 1 aliphatic carbocycles. The van der Waals surface area contributed by atoms with E-state index in [1.165, 1.54) is 13.1 Å². The summed E-state index contributed by atoms with van der Waals surface area (Å²) in [5, 5.41) is 8.10. The molecule has 0 unspecified atom stereocenters. The van der Waals surface area contributed by atoms with Crippen LogP contribution in [0.25, 0.3) is 11.6 Å². The summed E-state index contributed by atoms with van der Waals surface area (Å²) in [4.78, 5) is 15.5. The molecule has 0 bridgehead atoms. The lowest BCUT2D eigenvalue weighted by Gasteiger charge is -2.14. The molecule has 1 aliphatic rings. The number of aryl methyl sites for hydroxylation is 2. The van der Waals surface area contributed by atoms with Gasteiger partial charge in [0.25, 0.3) is 12.3 Å². The van der Waals surface area contributed by atoms with Crippen molar-refractivity contribution in [1.82, 2.24) is 19.9 Å². The summed E-state index contributed by atoms with van der Waals surface area (Å²) in [5.74, 6) is 0.598. The first-order valence-corrected chi connectivity index (χ1v) is 8.17. The van der Waals surface area contributed by atoms with Crippen LogP contribution < -0.4 is 0 Å². The highest BCUT2D eigenvalue weighted by Crippen LogP contribution is 2.53. The van der Waals surface area contributed by atoms with E-state index in [1.54, 1.807) is 6.07 Å². The van der Waals surface area contributed by atoms with E-state index in [2.05, 4.69) is 15.2 Å². The monoisotopic (exact) mass is 358 g/mol. The first kappa shape index (κ1) is 16.6. The van der Waals surface area contributed by atoms with E-state index in [1.807, 2.05) is 19.1 Å². The summed E-state index contributed by atoms with van der Waals surface area (Å²) in [6.07, 6.45) is -0.160. The van der Waals surface area contributed by atoms with Crippen LogP contribution in [0.15, 0.2) is 28.8 Å². The Morgan fingerprint density at radius 3 is 2.69 bits per heavy atom. The number of halogens is 2. The van der Waals surface area contributed by atoms with Gasteiger partial charge >= 0.3 is 0 Å². The van der Waals surface area contributed by atoms with Gasteiger partial charge < -0.3 is 4.52 Å². The quantitative estimate of drug-likeness (QED) is 0.652. The number of carbonyl (C=O) groups excluding carboxylic acids is 1. The largest absolute Gasteiger partial charge is 0.332 e. The topological polar surface area (TPSA) is 73.8 Å². The molecule has 2 aromatic heterocycles. The standard InChI is InChI=1S/C18H16F2N4O2/c1-10-3-4-11(9-25)7-12(10)18(5-6-18)17-21-16(26-23-17)13-8-14(15(19)20)24(2)22-13/h3-4,7-9,15H,5-6H2,1-2H3. The number of aldehydes is 1. The highest BCUT2D eigenvalue weighted by atomic mass is 19.3. The zero-order chi connectivity index (χ0) is 18.5. The lowest BCUT2D eigenvalue weighted by molar-refractivity contribution is 0.112. The summed E-state index contributed by atoms with van der Waals surface area (Å²) in [6.45, 7) is 1.97. The van der Waals surface area contributed by atoms with Crippen molar-refractivity contribution in [3.63, 3.8) is 0 Å². The van der Waals surface area contributed by atoms with E-state index < -0.39 is 11.8 Å². The third-order valence-corrected chi connectivity index (χ3v) is 4.88. The number of nitrogens with zero attached hydrogens (tertiary/aromatic N) is 4. The third kappa shape index (κ3) is 2.53. The zero-order valence-corrected chi connectivity index (χ0v) is 14.2. The van der Waals surface area contributed by atoms with Crippen molar-refractivity contribution >= 4 is 6.29 Å². The summed E-state index contributed by atoms with van der Waals surface area (Å²) < 4.78 is 32.3. The normalized spacial score (nSPS) is 15.4. The number of hydrogen-bond donors (Lipinski definition) is 0. The first-order chi connectivity index (χ1) is 12.4. The van der Waals surface area contributed by atoms with Crippen molar-refractivity contribution in [2.75, 3.05) is 0 Å². The van der Waals surface area contributed by atoms with Crippen LogP contribution in [0.3, 0.4) is 0 Å². The summed E-state index contributed by atoms with van der Waals surface area (Å²) >= 11 is 0. The molecule has 3 aromatic rings. The highest BCUT2D eigenvalue weighted by Gasteiger charge is 2.51. The molecule has 0 amide bonds. The van der Waals surface area contributed by atoms with E-state index in [9.17, 15) is 13.6 Å². The maximum absolute atomic E-state index is 12.9. The third-order valence-electron chi connectivity index (χ3n) is 4.88. The van der Waals surface area contributed by atoms with Gasteiger partial charge in [-0.05, 0) is 43.0 Å². The van der Waals surface area contributed by atoms with Crippen molar-refractivity contribution < 1.29 is 18.1 Å². The van der Waals surface area contributed by atoms with Crippen LogP contribution in [0.1, 0.15) is 52.3 Å². The number of carbonyl (C=O) groups is 1. The van der Waals surface area contributed by atoms with Crippen molar-refractivity contribution in [3.05, 3.63) is 52.5 Å². The van der Waals surface area contributed by atoms with Gasteiger partial charge in [-0.1, -0.05) is 17.3 Å². The van der Waals surface area contributed by atoms with Crippen LogP contribution in [0.2, 0.25) is 0 Å². The molecule has 1 saturated carbocycles. The van der Waals surface area contributed by atoms with Crippen LogP contribution in [0.4, 0.5) is 8.78 Å². The second-order valence-electron chi connectivity index (χ2n) is 6.58. The molecule has 1 fully saturated rings. The number of alkyl halides is 2. The van der Waals surface area contributed by atoms with E-state index in [4.69, 9.17) is 4.52 Å². The van der Waals surface area contributed by atoms with Crippen molar-refractivity contribution in [2.45, 2.75) is 31.6 Å². The smallest absolute Gasteiger partial charge is 0.280 e.